The van der Waals surface area contributed by atoms with Gasteiger partial charge in [0.05, 0.1) is 5.56 Å². The molecule has 0 spiro atoms. The summed E-state index contributed by atoms with van der Waals surface area (Å²) < 4.78 is 22.2. The van der Waals surface area contributed by atoms with Crippen LogP contribution >= 0.6 is 11.3 Å². The highest BCUT2D eigenvalue weighted by atomic mass is 32.2. The summed E-state index contributed by atoms with van der Waals surface area (Å²) in [4.78, 5) is 13.7. The highest BCUT2D eigenvalue weighted by Gasteiger charge is 2.18. The molecule has 0 aliphatic carbocycles. The standard InChI is InChI=1S/C10H16N2O3S2/c1-3-5-12(4-2)10(13)8-6-9(16-7-8)17(11,14)15/h6-7H,3-5H2,1-2H3,(H2,11,14,15). The molecule has 1 rings (SSSR count). The van der Waals surface area contributed by atoms with Gasteiger partial charge in [0.25, 0.3) is 5.91 Å². The van der Waals surface area contributed by atoms with Gasteiger partial charge in [-0.1, -0.05) is 6.92 Å². The molecule has 96 valence electrons. The molecule has 0 saturated heterocycles. The maximum Gasteiger partial charge on any atom is 0.254 e. The van der Waals surface area contributed by atoms with Gasteiger partial charge in [-0.25, -0.2) is 13.6 Å². The molecular formula is C10H16N2O3S2. The molecule has 1 aromatic rings. The fourth-order valence-corrected chi connectivity index (χ4v) is 3.01. The van der Waals surface area contributed by atoms with Gasteiger partial charge in [0.2, 0.25) is 10.0 Å². The van der Waals surface area contributed by atoms with Crippen LogP contribution < -0.4 is 5.14 Å². The van der Waals surface area contributed by atoms with E-state index >= 15 is 0 Å². The lowest BCUT2D eigenvalue weighted by Gasteiger charge is -2.19. The minimum absolute atomic E-state index is 0.0217. The predicted octanol–water partition coefficient (Wildman–Crippen LogP) is 1.27. The average Bonchev–Trinajstić information content (AvgIpc) is 2.73. The van der Waals surface area contributed by atoms with Crippen molar-refractivity contribution in [2.75, 3.05) is 13.1 Å². The van der Waals surface area contributed by atoms with E-state index in [4.69, 9.17) is 5.14 Å². The first-order valence-electron chi connectivity index (χ1n) is 5.30. The molecule has 1 aromatic heterocycles. The minimum Gasteiger partial charge on any atom is -0.339 e. The second kappa shape index (κ2) is 5.61. The lowest BCUT2D eigenvalue weighted by molar-refractivity contribution is 0.0765. The number of thiophene rings is 1. The quantitative estimate of drug-likeness (QED) is 0.879. The normalized spacial score (nSPS) is 11.5. The average molecular weight is 276 g/mol. The zero-order chi connectivity index (χ0) is 13.1. The van der Waals surface area contributed by atoms with Gasteiger partial charge in [-0.15, -0.1) is 11.3 Å². The summed E-state index contributed by atoms with van der Waals surface area (Å²) in [7, 11) is -3.71. The lowest BCUT2D eigenvalue weighted by atomic mass is 10.3. The van der Waals surface area contributed by atoms with Crippen LogP contribution in [-0.4, -0.2) is 32.3 Å². The zero-order valence-corrected chi connectivity index (χ0v) is 11.5. The van der Waals surface area contributed by atoms with E-state index < -0.39 is 10.0 Å². The molecule has 0 atom stereocenters. The molecule has 0 aliphatic rings. The Morgan fingerprint density at radius 2 is 2.12 bits per heavy atom. The molecule has 0 aliphatic heterocycles. The molecule has 0 bridgehead atoms. The summed E-state index contributed by atoms with van der Waals surface area (Å²) >= 11 is 0.970. The SMILES string of the molecule is CCCN(CC)C(=O)c1csc(S(N)(=O)=O)c1. The number of nitrogens with zero attached hydrogens (tertiary/aromatic N) is 1. The number of nitrogens with two attached hydrogens (primary N) is 1. The van der Waals surface area contributed by atoms with Gasteiger partial charge in [-0.3, -0.25) is 4.79 Å². The molecule has 1 heterocycles. The summed E-state index contributed by atoms with van der Waals surface area (Å²) in [5, 5.41) is 6.52. The number of hydrogen-bond acceptors (Lipinski definition) is 4. The number of amides is 1. The van der Waals surface area contributed by atoms with Crippen molar-refractivity contribution >= 4 is 27.3 Å². The van der Waals surface area contributed by atoms with E-state index in [1.165, 1.54) is 11.4 Å². The fraction of sp³-hybridized carbons (Fsp3) is 0.500. The highest BCUT2D eigenvalue weighted by Crippen LogP contribution is 2.20. The Labute approximate surface area is 105 Å². The van der Waals surface area contributed by atoms with Crippen molar-refractivity contribution in [1.82, 2.24) is 4.90 Å². The Morgan fingerprint density at radius 3 is 2.53 bits per heavy atom. The van der Waals surface area contributed by atoms with Crippen molar-refractivity contribution in [3.8, 4) is 0 Å². The predicted molar refractivity (Wildman–Crippen MR) is 67.6 cm³/mol. The fourth-order valence-electron chi connectivity index (χ4n) is 1.43. The van der Waals surface area contributed by atoms with E-state index in [1.54, 1.807) is 4.90 Å². The molecule has 1 amide bonds. The van der Waals surface area contributed by atoms with Crippen LogP contribution in [0.15, 0.2) is 15.7 Å². The Morgan fingerprint density at radius 1 is 1.47 bits per heavy atom. The van der Waals surface area contributed by atoms with Gasteiger partial charge < -0.3 is 4.90 Å². The van der Waals surface area contributed by atoms with Crippen molar-refractivity contribution in [1.29, 1.82) is 0 Å². The van der Waals surface area contributed by atoms with E-state index in [-0.39, 0.29) is 10.1 Å². The van der Waals surface area contributed by atoms with Crippen LogP contribution in [0.25, 0.3) is 0 Å². The number of primary sulfonamides is 1. The zero-order valence-electron chi connectivity index (χ0n) is 9.84. The third kappa shape index (κ3) is 3.52. The van der Waals surface area contributed by atoms with Crippen molar-refractivity contribution in [3.05, 3.63) is 17.0 Å². The van der Waals surface area contributed by atoms with E-state index in [9.17, 15) is 13.2 Å². The van der Waals surface area contributed by atoms with E-state index in [2.05, 4.69) is 0 Å². The lowest BCUT2D eigenvalue weighted by Crippen LogP contribution is -2.31. The summed E-state index contributed by atoms with van der Waals surface area (Å²) in [6.45, 7) is 5.14. The Bertz CT molecular complexity index is 493. The number of rotatable bonds is 5. The molecule has 0 fully saturated rings. The second-order valence-electron chi connectivity index (χ2n) is 3.58. The van der Waals surface area contributed by atoms with Crippen molar-refractivity contribution in [2.24, 2.45) is 5.14 Å². The first-order chi connectivity index (χ1) is 7.90. The first kappa shape index (κ1) is 14.1. The van der Waals surface area contributed by atoms with Crippen LogP contribution in [0.1, 0.15) is 30.6 Å². The topological polar surface area (TPSA) is 80.5 Å². The van der Waals surface area contributed by atoms with Gasteiger partial charge in [0, 0.05) is 18.5 Å². The van der Waals surface area contributed by atoms with Crippen molar-refractivity contribution in [2.45, 2.75) is 24.5 Å². The minimum atomic E-state index is -3.71. The third-order valence-corrected chi connectivity index (χ3v) is 4.65. The largest absolute Gasteiger partial charge is 0.339 e. The van der Waals surface area contributed by atoms with Crippen molar-refractivity contribution < 1.29 is 13.2 Å². The molecule has 0 unspecified atom stereocenters. The Kier molecular flexibility index (Phi) is 4.67. The summed E-state index contributed by atoms with van der Waals surface area (Å²) in [6.07, 6.45) is 0.867. The monoisotopic (exact) mass is 276 g/mol. The summed E-state index contributed by atoms with van der Waals surface area (Å²) in [5.41, 5.74) is 0.384. The van der Waals surface area contributed by atoms with Crippen LogP contribution in [0.2, 0.25) is 0 Å². The molecule has 0 aromatic carbocycles. The summed E-state index contributed by atoms with van der Waals surface area (Å²) in [5.74, 6) is -0.152. The maximum atomic E-state index is 12.0. The van der Waals surface area contributed by atoms with Gasteiger partial charge in [0.1, 0.15) is 4.21 Å². The number of carbonyl (C=O) groups is 1. The second-order valence-corrected chi connectivity index (χ2v) is 6.28. The van der Waals surface area contributed by atoms with Crippen LogP contribution in [0.3, 0.4) is 0 Å². The van der Waals surface area contributed by atoms with Gasteiger partial charge in [-0.05, 0) is 19.4 Å². The number of sulfonamides is 1. The Hall–Kier alpha value is -0.920. The van der Waals surface area contributed by atoms with Gasteiger partial charge >= 0.3 is 0 Å². The molecule has 0 saturated carbocycles. The summed E-state index contributed by atoms with van der Waals surface area (Å²) in [6, 6.07) is 1.33. The van der Waals surface area contributed by atoms with Crippen molar-refractivity contribution in [3.63, 3.8) is 0 Å². The highest BCUT2D eigenvalue weighted by molar-refractivity contribution is 7.91. The van der Waals surface area contributed by atoms with E-state index in [1.807, 2.05) is 13.8 Å². The van der Waals surface area contributed by atoms with E-state index in [0.717, 1.165) is 17.8 Å². The smallest absolute Gasteiger partial charge is 0.254 e. The van der Waals surface area contributed by atoms with Gasteiger partial charge in [0.15, 0.2) is 0 Å². The molecule has 2 N–H and O–H groups in total. The Balaban J connectivity index is 2.94. The van der Waals surface area contributed by atoms with Crippen LogP contribution in [0.5, 0.6) is 0 Å². The van der Waals surface area contributed by atoms with E-state index in [0.29, 0.717) is 18.7 Å². The third-order valence-electron chi connectivity index (χ3n) is 2.27. The van der Waals surface area contributed by atoms with Crippen LogP contribution in [-0.2, 0) is 10.0 Å². The number of carbonyl (C=O) groups excluding carboxylic acids is 1. The van der Waals surface area contributed by atoms with Crippen LogP contribution in [0, 0.1) is 0 Å². The molecule has 0 radical (unpaired) electrons. The van der Waals surface area contributed by atoms with Crippen LogP contribution in [0.4, 0.5) is 0 Å². The number of hydrogen-bond donors (Lipinski definition) is 1. The van der Waals surface area contributed by atoms with Gasteiger partial charge in [-0.2, -0.15) is 0 Å². The molecule has 7 heteroatoms. The first-order valence-corrected chi connectivity index (χ1v) is 7.73. The maximum absolute atomic E-state index is 12.0. The molecule has 5 nitrogen and oxygen atoms in total. The molecular weight excluding hydrogens is 260 g/mol. The molecule has 17 heavy (non-hydrogen) atoms.